The fourth-order valence-corrected chi connectivity index (χ4v) is 0.585. The summed E-state index contributed by atoms with van der Waals surface area (Å²) in [6.45, 7) is 2.87. The van der Waals surface area contributed by atoms with Crippen LogP contribution in [0.15, 0.2) is 0 Å². The summed E-state index contributed by atoms with van der Waals surface area (Å²) in [5.74, 6) is 0. The summed E-state index contributed by atoms with van der Waals surface area (Å²) in [4.78, 5) is 11.7. The molecule has 0 rings (SSSR count). The summed E-state index contributed by atoms with van der Waals surface area (Å²) in [6.07, 6.45) is 0.643. The van der Waals surface area contributed by atoms with Gasteiger partial charge in [0.2, 0.25) is 6.41 Å². The fourth-order valence-electron chi connectivity index (χ4n) is 0.361. The van der Waals surface area contributed by atoms with Gasteiger partial charge in [-0.2, -0.15) is 0 Å². The molecular weight excluding hydrogens is 136 g/mol. The summed E-state index contributed by atoms with van der Waals surface area (Å²) >= 11 is 4.07. The first-order valence-corrected chi connectivity index (χ1v) is 3.32. The molecular formula is C5H12N2OS. The van der Waals surface area contributed by atoms with Crippen LogP contribution in [0.1, 0.15) is 6.92 Å². The number of nitrogens with zero attached hydrogens (tertiary/aromatic N) is 1. The number of carbonyl (C=O) groups excluding carboxylic acids is 1. The Balaban J connectivity index is 3.44. The van der Waals surface area contributed by atoms with Crippen LogP contribution in [-0.2, 0) is 4.79 Å². The van der Waals surface area contributed by atoms with Crippen molar-refractivity contribution in [3.63, 3.8) is 0 Å². The van der Waals surface area contributed by atoms with Gasteiger partial charge in [-0.3, -0.25) is 9.69 Å². The molecule has 0 aromatic carbocycles. The molecule has 0 heterocycles. The Bertz CT molecular complexity index is 89.0. The summed E-state index contributed by atoms with van der Waals surface area (Å²) < 4.78 is 0. The maximum atomic E-state index is 9.85. The number of hydrogen-bond acceptors (Lipinski definition) is 3. The molecule has 0 spiro atoms. The standard InChI is InChI=1S/C5H12N2OS/c1-3-7(2)5(9)6-4-8/h4-5,9H,3H2,1-2H3,(H,6,8). The van der Waals surface area contributed by atoms with Crippen LogP contribution in [0, 0.1) is 0 Å². The molecule has 0 aliphatic rings. The fraction of sp³-hybridized carbons (Fsp3) is 0.800. The van der Waals surface area contributed by atoms with Gasteiger partial charge in [0.1, 0.15) is 5.50 Å². The average molecular weight is 148 g/mol. The zero-order valence-corrected chi connectivity index (χ0v) is 6.56. The van der Waals surface area contributed by atoms with Crippen LogP contribution in [0.25, 0.3) is 0 Å². The minimum atomic E-state index is -0.160. The Labute approximate surface area is 60.8 Å². The molecule has 0 saturated carbocycles. The number of nitrogens with one attached hydrogen (secondary N) is 1. The van der Waals surface area contributed by atoms with Crippen molar-refractivity contribution in [3.8, 4) is 0 Å². The normalized spacial score (nSPS) is 13.3. The molecule has 1 amide bonds. The van der Waals surface area contributed by atoms with Crippen molar-refractivity contribution in [2.75, 3.05) is 13.6 Å². The van der Waals surface area contributed by atoms with Gasteiger partial charge in [0.15, 0.2) is 0 Å². The Kier molecular flexibility index (Phi) is 4.53. The highest BCUT2D eigenvalue weighted by Gasteiger charge is 2.03. The molecule has 4 heteroatoms. The second-order valence-electron chi connectivity index (χ2n) is 1.73. The highest BCUT2D eigenvalue weighted by molar-refractivity contribution is 7.80. The van der Waals surface area contributed by atoms with Crippen molar-refractivity contribution in [1.29, 1.82) is 0 Å². The molecule has 0 aromatic heterocycles. The van der Waals surface area contributed by atoms with E-state index in [0.717, 1.165) is 6.54 Å². The molecule has 9 heavy (non-hydrogen) atoms. The second kappa shape index (κ2) is 4.64. The monoisotopic (exact) mass is 148 g/mol. The molecule has 0 saturated heterocycles. The molecule has 0 aromatic rings. The van der Waals surface area contributed by atoms with Gasteiger partial charge in [0, 0.05) is 0 Å². The van der Waals surface area contributed by atoms with Crippen LogP contribution in [-0.4, -0.2) is 30.4 Å². The van der Waals surface area contributed by atoms with E-state index in [2.05, 4.69) is 17.9 Å². The van der Waals surface area contributed by atoms with E-state index in [9.17, 15) is 4.79 Å². The Hall–Kier alpha value is -0.220. The molecule has 1 atom stereocenters. The molecule has 0 aliphatic carbocycles. The minimum absolute atomic E-state index is 0.160. The number of thiol groups is 1. The first-order chi connectivity index (χ1) is 4.22. The van der Waals surface area contributed by atoms with Crippen LogP contribution < -0.4 is 5.32 Å². The number of rotatable bonds is 4. The van der Waals surface area contributed by atoms with Crippen molar-refractivity contribution in [2.45, 2.75) is 12.4 Å². The van der Waals surface area contributed by atoms with Crippen LogP contribution in [0.2, 0.25) is 0 Å². The van der Waals surface area contributed by atoms with Gasteiger partial charge < -0.3 is 5.32 Å². The first kappa shape index (κ1) is 8.78. The van der Waals surface area contributed by atoms with Crippen LogP contribution in [0.5, 0.6) is 0 Å². The maximum absolute atomic E-state index is 9.85. The third-order valence-electron chi connectivity index (χ3n) is 1.13. The topological polar surface area (TPSA) is 32.3 Å². The molecule has 1 unspecified atom stereocenters. The number of hydrogen-bond donors (Lipinski definition) is 2. The summed E-state index contributed by atoms with van der Waals surface area (Å²) in [7, 11) is 1.88. The number of amides is 1. The van der Waals surface area contributed by atoms with Gasteiger partial charge in [-0.15, -0.1) is 12.6 Å². The van der Waals surface area contributed by atoms with Gasteiger partial charge >= 0.3 is 0 Å². The molecule has 0 aliphatic heterocycles. The van der Waals surface area contributed by atoms with Crippen LogP contribution in [0.3, 0.4) is 0 Å². The van der Waals surface area contributed by atoms with E-state index in [0.29, 0.717) is 6.41 Å². The molecule has 0 fully saturated rings. The van der Waals surface area contributed by atoms with Crippen LogP contribution >= 0.6 is 12.6 Å². The minimum Gasteiger partial charge on any atom is -0.334 e. The SMILES string of the molecule is CCN(C)C(S)NC=O. The largest absolute Gasteiger partial charge is 0.334 e. The van der Waals surface area contributed by atoms with Gasteiger partial charge in [-0.25, -0.2) is 0 Å². The van der Waals surface area contributed by atoms with E-state index in [-0.39, 0.29) is 5.50 Å². The first-order valence-electron chi connectivity index (χ1n) is 2.80. The predicted molar refractivity (Wildman–Crippen MR) is 40.3 cm³/mol. The molecule has 3 nitrogen and oxygen atoms in total. The quantitative estimate of drug-likeness (QED) is 0.331. The third-order valence-corrected chi connectivity index (χ3v) is 1.68. The van der Waals surface area contributed by atoms with E-state index < -0.39 is 0 Å². The van der Waals surface area contributed by atoms with Gasteiger partial charge in [0.25, 0.3) is 0 Å². The maximum Gasteiger partial charge on any atom is 0.208 e. The van der Waals surface area contributed by atoms with Crippen molar-refractivity contribution >= 4 is 19.0 Å². The van der Waals surface area contributed by atoms with Crippen molar-refractivity contribution in [2.24, 2.45) is 0 Å². The Morgan fingerprint density at radius 3 is 2.78 bits per heavy atom. The molecule has 0 bridgehead atoms. The highest BCUT2D eigenvalue weighted by atomic mass is 32.1. The van der Waals surface area contributed by atoms with E-state index in [4.69, 9.17) is 0 Å². The predicted octanol–water partition coefficient (Wildman–Crippen LogP) is -0.102. The van der Waals surface area contributed by atoms with Gasteiger partial charge in [-0.1, -0.05) is 6.92 Å². The molecule has 54 valence electrons. The van der Waals surface area contributed by atoms with E-state index in [1.807, 2.05) is 18.9 Å². The Morgan fingerprint density at radius 1 is 1.89 bits per heavy atom. The second-order valence-corrected chi connectivity index (χ2v) is 2.22. The average Bonchev–Trinajstić information content (AvgIpc) is 1.87. The lowest BCUT2D eigenvalue weighted by Crippen LogP contribution is -2.38. The van der Waals surface area contributed by atoms with Crippen molar-refractivity contribution in [3.05, 3.63) is 0 Å². The van der Waals surface area contributed by atoms with E-state index in [1.165, 1.54) is 0 Å². The third kappa shape index (κ3) is 3.37. The summed E-state index contributed by atoms with van der Waals surface area (Å²) in [5.41, 5.74) is -0.160. The highest BCUT2D eigenvalue weighted by Crippen LogP contribution is 1.93. The smallest absolute Gasteiger partial charge is 0.208 e. The lowest BCUT2D eigenvalue weighted by atomic mass is 10.6. The summed E-state index contributed by atoms with van der Waals surface area (Å²) in [6, 6.07) is 0. The van der Waals surface area contributed by atoms with Crippen molar-refractivity contribution < 1.29 is 4.79 Å². The van der Waals surface area contributed by atoms with E-state index in [1.54, 1.807) is 0 Å². The Morgan fingerprint density at radius 2 is 2.44 bits per heavy atom. The molecule has 1 N–H and O–H groups in total. The lowest BCUT2D eigenvalue weighted by molar-refractivity contribution is -0.110. The zero-order chi connectivity index (χ0) is 7.28. The van der Waals surface area contributed by atoms with Crippen LogP contribution in [0.4, 0.5) is 0 Å². The van der Waals surface area contributed by atoms with Gasteiger partial charge in [0.05, 0.1) is 0 Å². The van der Waals surface area contributed by atoms with Gasteiger partial charge in [-0.05, 0) is 13.6 Å². The van der Waals surface area contributed by atoms with Crippen molar-refractivity contribution in [1.82, 2.24) is 10.2 Å². The molecule has 0 radical (unpaired) electrons. The summed E-state index contributed by atoms with van der Waals surface area (Å²) in [5, 5.41) is 2.51. The van der Waals surface area contributed by atoms with E-state index >= 15 is 0 Å². The zero-order valence-electron chi connectivity index (χ0n) is 5.66. The lowest BCUT2D eigenvalue weighted by Gasteiger charge is -2.20. The number of carbonyl (C=O) groups is 1.